The van der Waals surface area contributed by atoms with Crippen LogP contribution in [-0.4, -0.2) is 20.3 Å². The smallest absolute Gasteiger partial charge is 0.281 e. The van der Waals surface area contributed by atoms with Crippen LogP contribution in [0.3, 0.4) is 0 Å². The maximum Gasteiger partial charge on any atom is 0.281 e. The molecule has 1 fully saturated rings. The van der Waals surface area contributed by atoms with Gasteiger partial charge in [0, 0.05) is 17.4 Å². The van der Waals surface area contributed by atoms with Crippen molar-refractivity contribution in [2.24, 2.45) is 0 Å². The van der Waals surface area contributed by atoms with Gasteiger partial charge in [-0.2, -0.15) is 15.0 Å². The minimum Gasteiger partial charge on any atom is -0.382 e. The molecule has 2 heterocycles. The summed E-state index contributed by atoms with van der Waals surface area (Å²) in [6.07, 6.45) is 7.42. The summed E-state index contributed by atoms with van der Waals surface area (Å²) in [6.45, 7) is 4.01. The van der Waals surface area contributed by atoms with Gasteiger partial charge in [-0.3, -0.25) is 4.79 Å². The van der Waals surface area contributed by atoms with Gasteiger partial charge in [-0.15, -0.1) is 0 Å². The Kier molecular flexibility index (Phi) is 3.95. The van der Waals surface area contributed by atoms with E-state index >= 15 is 0 Å². The number of anilines is 1. The van der Waals surface area contributed by atoms with Gasteiger partial charge in [0.25, 0.3) is 5.91 Å². The highest BCUT2D eigenvalue weighted by Gasteiger charge is 2.24. The zero-order chi connectivity index (χ0) is 16.6. The van der Waals surface area contributed by atoms with Gasteiger partial charge < -0.3 is 10.3 Å². The number of nitrogen functional groups attached to an aromatic ring is 1. The molecule has 0 aliphatic heterocycles. The van der Waals surface area contributed by atoms with Gasteiger partial charge >= 0.3 is 0 Å². The van der Waals surface area contributed by atoms with Crippen LogP contribution in [0.15, 0.2) is 12.3 Å². The molecular weight excluding hydrogens is 290 g/mol. The summed E-state index contributed by atoms with van der Waals surface area (Å²) in [5.74, 6) is -0.181. The summed E-state index contributed by atoms with van der Waals surface area (Å²) < 4.78 is 3.39. The van der Waals surface area contributed by atoms with Crippen LogP contribution >= 0.6 is 0 Å². The number of nitrogens with two attached hydrogens (primary N) is 1. The van der Waals surface area contributed by atoms with Crippen molar-refractivity contribution in [3.63, 3.8) is 0 Å². The Morgan fingerprint density at radius 1 is 1.35 bits per heavy atom. The van der Waals surface area contributed by atoms with E-state index in [4.69, 9.17) is 11.0 Å². The summed E-state index contributed by atoms with van der Waals surface area (Å²) in [4.78, 5) is 12.8. The van der Waals surface area contributed by atoms with Crippen LogP contribution in [0.4, 0.5) is 5.82 Å². The SMILES string of the molecule is Cc1cc(C(=O)n2ncc(C#N)c2N)c(C)n1C1CCCCC1. The van der Waals surface area contributed by atoms with Crippen molar-refractivity contribution in [1.29, 1.82) is 5.26 Å². The fourth-order valence-corrected chi connectivity index (χ4v) is 3.61. The first-order valence-corrected chi connectivity index (χ1v) is 8.01. The second-order valence-electron chi connectivity index (χ2n) is 6.22. The largest absolute Gasteiger partial charge is 0.382 e. The zero-order valence-electron chi connectivity index (χ0n) is 13.5. The van der Waals surface area contributed by atoms with Crippen molar-refractivity contribution in [2.75, 3.05) is 5.73 Å². The molecule has 2 aromatic heterocycles. The molecule has 6 heteroatoms. The van der Waals surface area contributed by atoms with Crippen molar-refractivity contribution in [3.05, 3.63) is 34.8 Å². The highest BCUT2D eigenvalue weighted by atomic mass is 16.2. The number of nitriles is 1. The lowest BCUT2D eigenvalue weighted by molar-refractivity contribution is 0.0947. The van der Waals surface area contributed by atoms with Crippen LogP contribution in [0.25, 0.3) is 0 Å². The minimum atomic E-state index is -0.279. The third-order valence-corrected chi connectivity index (χ3v) is 4.77. The molecule has 0 unspecified atom stereocenters. The number of aromatic nitrogens is 3. The van der Waals surface area contributed by atoms with E-state index in [0.717, 1.165) is 28.9 Å². The number of hydrogen-bond acceptors (Lipinski definition) is 4. The monoisotopic (exact) mass is 311 g/mol. The van der Waals surface area contributed by atoms with E-state index in [0.29, 0.717) is 11.6 Å². The molecular formula is C17H21N5O. The van der Waals surface area contributed by atoms with Gasteiger partial charge in [0.05, 0.1) is 11.8 Å². The molecule has 0 atom stereocenters. The lowest BCUT2D eigenvalue weighted by Gasteiger charge is -2.26. The molecule has 23 heavy (non-hydrogen) atoms. The van der Waals surface area contributed by atoms with Gasteiger partial charge in [-0.05, 0) is 32.8 Å². The first kappa shape index (κ1) is 15.3. The van der Waals surface area contributed by atoms with E-state index in [2.05, 4.69) is 9.67 Å². The van der Waals surface area contributed by atoms with Crippen LogP contribution in [0.1, 0.15) is 65.5 Å². The molecule has 1 saturated carbocycles. The molecule has 0 spiro atoms. The molecule has 1 aliphatic rings. The van der Waals surface area contributed by atoms with Crippen LogP contribution in [0, 0.1) is 25.2 Å². The lowest BCUT2D eigenvalue weighted by atomic mass is 9.95. The van der Waals surface area contributed by atoms with Crippen LogP contribution in [0.5, 0.6) is 0 Å². The number of nitrogens with zero attached hydrogens (tertiary/aromatic N) is 4. The van der Waals surface area contributed by atoms with Crippen LogP contribution < -0.4 is 5.73 Å². The fraction of sp³-hybridized carbons (Fsp3) is 0.471. The Hall–Kier alpha value is -2.55. The summed E-state index contributed by atoms with van der Waals surface area (Å²) in [6, 6.07) is 4.31. The Morgan fingerprint density at radius 2 is 2.04 bits per heavy atom. The minimum absolute atomic E-state index is 0.0972. The van der Waals surface area contributed by atoms with Gasteiger partial charge in [0.15, 0.2) is 0 Å². The number of hydrogen-bond donors (Lipinski definition) is 1. The second kappa shape index (κ2) is 5.92. The number of carbonyl (C=O) groups excluding carboxylic acids is 1. The molecule has 0 saturated heterocycles. The molecule has 0 amide bonds. The maximum atomic E-state index is 12.8. The Bertz CT molecular complexity index is 787. The first-order valence-electron chi connectivity index (χ1n) is 8.01. The van der Waals surface area contributed by atoms with Crippen LogP contribution in [-0.2, 0) is 0 Å². The highest BCUT2D eigenvalue weighted by molar-refractivity contribution is 5.98. The summed E-state index contributed by atoms with van der Waals surface area (Å²) in [5, 5.41) is 12.9. The summed E-state index contributed by atoms with van der Waals surface area (Å²) in [7, 11) is 0. The Balaban J connectivity index is 1.99. The van der Waals surface area contributed by atoms with Gasteiger partial charge in [-0.1, -0.05) is 19.3 Å². The predicted octanol–water partition coefficient (Wildman–Crippen LogP) is 2.95. The third kappa shape index (κ3) is 2.52. The fourth-order valence-electron chi connectivity index (χ4n) is 3.61. The molecule has 2 aromatic rings. The highest BCUT2D eigenvalue weighted by Crippen LogP contribution is 2.32. The van der Waals surface area contributed by atoms with Gasteiger partial charge in [-0.25, -0.2) is 0 Å². The molecule has 120 valence electrons. The number of rotatable bonds is 2. The predicted molar refractivity (Wildman–Crippen MR) is 87.1 cm³/mol. The van der Waals surface area contributed by atoms with E-state index < -0.39 is 0 Å². The topological polar surface area (TPSA) is 89.6 Å². The Morgan fingerprint density at radius 3 is 2.65 bits per heavy atom. The average Bonchev–Trinajstić information content (AvgIpc) is 3.07. The van der Waals surface area contributed by atoms with E-state index in [-0.39, 0.29) is 17.3 Å². The molecule has 6 nitrogen and oxygen atoms in total. The van der Waals surface area contributed by atoms with Crippen molar-refractivity contribution >= 4 is 11.7 Å². The van der Waals surface area contributed by atoms with Crippen molar-refractivity contribution < 1.29 is 4.79 Å². The average molecular weight is 311 g/mol. The maximum absolute atomic E-state index is 12.8. The third-order valence-electron chi connectivity index (χ3n) is 4.77. The Labute approximate surface area is 135 Å². The van der Waals surface area contributed by atoms with Gasteiger partial charge in [0.1, 0.15) is 17.5 Å². The van der Waals surface area contributed by atoms with E-state index in [1.54, 1.807) is 0 Å². The molecule has 0 radical (unpaired) electrons. The molecule has 3 rings (SSSR count). The van der Waals surface area contributed by atoms with Gasteiger partial charge in [0.2, 0.25) is 0 Å². The number of aryl methyl sites for hydroxylation is 1. The normalized spacial score (nSPS) is 15.5. The van der Waals surface area contributed by atoms with Crippen molar-refractivity contribution in [2.45, 2.75) is 52.0 Å². The summed E-state index contributed by atoms with van der Waals surface area (Å²) >= 11 is 0. The van der Waals surface area contributed by atoms with E-state index in [1.807, 2.05) is 26.0 Å². The molecule has 0 aromatic carbocycles. The number of carbonyl (C=O) groups is 1. The van der Waals surface area contributed by atoms with Crippen LogP contribution in [0.2, 0.25) is 0 Å². The quantitative estimate of drug-likeness (QED) is 0.923. The lowest BCUT2D eigenvalue weighted by Crippen LogP contribution is -2.19. The van der Waals surface area contributed by atoms with Crippen molar-refractivity contribution in [1.82, 2.24) is 14.3 Å². The van der Waals surface area contributed by atoms with E-state index in [9.17, 15) is 4.79 Å². The summed E-state index contributed by atoms with van der Waals surface area (Å²) in [5.41, 5.74) is 8.70. The van der Waals surface area contributed by atoms with E-state index in [1.165, 1.54) is 25.5 Å². The standard InChI is InChI=1S/C17H21N5O/c1-11-8-15(12(2)21(11)14-6-4-3-5-7-14)17(23)22-16(19)13(9-18)10-20-22/h8,10,14H,3-7,19H2,1-2H3. The first-order chi connectivity index (χ1) is 11.0. The molecule has 0 bridgehead atoms. The zero-order valence-corrected chi connectivity index (χ0v) is 13.5. The van der Waals surface area contributed by atoms with Crippen molar-refractivity contribution in [3.8, 4) is 6.07 Å². The molecule has 1 aliphatic carbocycles. The second-order valence-corrected chi connectivity index (χ2v) is 6.22. The molecule has 2 N–H and O–H groups in total.